The van der Waals surface area contributed by atoms with Crippen molar-refractivity contribution >= 4 is 29.1 Å². The van der Waals surface area contributed by atoms with Gasteiger partial charge in [0.15, 0.2) is 0 Å². The van der Waals surface area contributed by atoms with Gasteiger partial charge in [0.2, 0.25) is 0 Å². The van der Waals surface area contributed by atoms with E-state index in [-0.39, 0.29) is 22.9 Å². The van der Waals surface area contributed by atoms with Crippen molar-refractivity contribution in [3.8, 4) is 5.75 Å². The van der Waals surface area contributed by atoms with Crippen LogP contribution in [0.15, 0.2) is 18.2 Å². The molecule has 3 N–H and O–H groups in total. The number of phenols is 1. The third kappa shape index (κ3) is 3.18. The Hall–Kier alpha value is -1.75. The lowest BCUT2D eigenvalue weighted by molar-refractivity contribution is -0.138. The Morgan fingerprint density at radius 2 is 1.69 bits per heavy atom. The van der Waals surface area contributed by atoms with E-state index in [1.54, 1.807) is 0 Å². The third-order valence-electron chi connectivity index (χ3n) is 6.76. The quantitative estimate of drug-likeness (QED) is 0.556. The second-order valence-corrected chi connectivity index (χ2v) is 9.03. The van der Waals surface area contributed by atoms with Crippen molar-refractivity contribution < 1.29 is 14.7 Å². The van der Waals surface area contributed by atoms with E-state index in [1.807, 2.05) is 6.92 Å². The summed E-state index contributed by atoms with van der Waals surface area (Å²) in [7, 11) is 0. The molecule has 0 spiro atoms. The molecule has 6 heteroatoms. The van der Waals surface area contributed by atoms with Crippen LogP contribution in [0.2, 0.25) is 5.02 Å². The highest BCUT2D eigenvalue weighted by Gasteiger charge is 2.53. The van der Waals surface area contributed by atoms with Crippen LogP contribution in [0.3, 0.4) is 0 Å². The Morgan fingerprint density at radius 3 is 2.27 bits per heavy atom. The van der Waals surface area contributed by atoms with E-state index in [0.29, 0.717) is 5.02 Å². The van der Waals surface area contributed by atoms with E-state index >= 15 is 0 Å². The lowest BCUT2D eigenvalue weighted by Gasteiger charge is -2.59. The molecule has 5 nitrogen and oxygen atoms in total. The molecule has 4 bridgehead atoms. The Kier molecular flexibility index (Phi) is 4.38. The van der Waals surface area contributed by atoms with Crippen LogP contribution in [0.4, 0.5) is 5.69 Å². The molecule has 140 valence electrons. The molecule has 4 fully saturated rings. The van der Waals surface area contributed by atoms with Crippen molar-refractivity contribution in [2.45, 2.75) is 51.5 Å². The Labute approximate surface area is 158 Å². The second-order valence-electron chi connectivity index (χ2n) is 8.59. The third-order valence-corrected chi connectivity index (χ3v) is 7.00. The molecule has 1 unspecified atom stereocenters. The van der Waals surface area contributed by atoms with E-state index in [1.165, 1.54) is 37.5 Å². The molecule has 0 saturated heterocycles. The van der Waals surface area contributed by atoms with Crippen molar-refractivity contribution in [1.82, 2.24) is 5.32 Å². The van der Waals surface area contributed by atoms with Crippen LogP contribution in [0.25, 0.3) is 0 Å². The number of hydrogen-bond acceptors (Lipinski definition) is 3. The largest absolute Gasteiger partial charge is 0.506 e. The molecule has 26 heavy (non-hydrogen) atoms. The van der Waals surface area contributed by atoms with Crippen molar-refractivity contribution in [3.63, 3.8) is 0 Å². The van der Waals surface area contributed by atoms with Crippen molar-refractivity contribution in [2.24, 2.45) is 23.2 Å². The van der Waals surface area contributed by atoms with Gasteiger partial charge in [-0.3, -0.25) is 9.59 Å². The number of amides is 2. The van der Waals surface area contributed by atoms with Gasteiger partial charge in [0, 0.05) is 11.1 Å². The molecule has 1 atom stereocenters. The number of phenolic OH excluding ortho intramolecular Hbond substituents is 1. The van der Waals surface area contributed by atoms with Crippen LogP contribution in [0.5, 0.6) is 5.75 Å². The monoisotopic (exact) mass is 376 g/mol. The number of nitrogens with one attached hydrogen (secondary N) is 2. The normalized spacial score (nSPS) is 32.9. The van der Waals surface area contributed by atoms with Gasteiger partial charge in [-0.15, -0.1) is 0 Å². The number of halogens is 1. The molecule has 0 heterocycles. The molecule has 0 radical (unpaired) electrons. The average Bonchev–Trinajstić information content (AvgIpc) is 2.56. The smallest absolute Gasteiger partial charge is 0.313 e. The lowest BCUT2D eigenvalue weighted by atomic mass is 9.48. The zero-order chi connectivity index (χ0) is 18.5. The fraction of sp³-hybridized carbons (Fsp3) is 0.600. The first-order chi connectivity index (χ1) is 12.3. The molecule has 4 saturated carbocycles. The highest BCUT2D eigenvalue weighted by atomic mass is 35.5. The van der Waals surface area contributed by atoms with Gasteiger partial charge in [-0.05, 0) is 86.8 Å². The van der Waals surface area contributed by atoms with Crippen molar-refractivity contribution in [2.75, 3.05) is 5.32 Å². The van der Waals surface area contributed by atoms with E-state index in [9.17, 15) is 14.7 Å². The molecule has 0 aliphatic heterocycles. The van der Waals surface area contributed by atoms with Crippen LogP contribution >= 0.6 is 11.6 Å². The maximum absolute atomic E-state index is 12.4. The van der Waals surface area contributed by atoms with E-state index in [0.717, 1.165) is 37.0 Å². The Morgan fingerprint density at radius 1 is 1.12 bits per heavy atom. The summed E-state index contributed by atoms with van der Waals surface area (Å²) < 4.78 is 0. The maximum atomic E-state index is 12.4. The highest BCUT2D eigenvalue weighted by molar-refractivity contribution is 6.40. The summed E-state index contributed by atoms with van der Waals surface area (Å²) in [5.74, 6) is 0.810. The standard InChI is InChI=1S/C20H25ClN2O3/c1-11(20-8-12-4-13(9-20)6-14(5-12)10-20)22-18(25)19(26)23-16-7-15(21)2-3-17(16)24/h2-3,7,11-14,24H,4-6,8-10H2,1H3,(H,22,25)(H,23,26). The minimum atomic E-state index is -0.779. The van der Waals surface area contributed by atoms with E-state index in [2.05, 4.69) is 10.6 Å². The SMILES string of the molecule is CC(NC(=O)C(=O)Nc1cc(Cl)ccc1O)C12CC3CC(CC(C3)C1)C2. The number of rotatable bonds is 3. The Bertz CT molecular complexity index is 713. The van der Waals surface area contributed by atoms with Crippen LogP contribution < -0.4 is 10.6 Å². The predicted octanol–water partition coefficient (Wildman–Crippen LogP) is 3.71. The van der Waals surface area contributed by atoms with Crippen molar-refractivity contribution in [3.05, 3.63) is 23.2 Å². The fourth-order valence-corrected chi connectivity index (χ4v) is 6.08. The molecule has 4 aliphatic carbocycles. The summed E-state index contributed by atoms with van der Waals surface area (Å²) in [6, 6.07) is 4.29. The molecule has 1 aromatic rings. The van der Waals surface area contributed by atoms with Crippen LogP contribution in [-0.4, -0.2) is 23.0 Å². The van der Waals surface area contributed by atoms with Gasteiger partial charge in [-0.2, -0.15) is 0 Å². The molecule has 1 aromatic carbocycles. The molecule has 5 rings (SSSR count). The summed E-state index contributed by atoms with van der Waals surface area (Å²) in [5.41, 5.74) is 0.281. The first-order valence-electron chi connectivity index (χ1n) is 9.45. The summed E-state index contributed by atoms with van der Waals surface area (Å²) in [6.07, 6.45) is 7.52. The molecular weight excluding hydrogens is 352 g/mol. The Balaban J connectivity index is 1.41. The van der Waals surface area contributed by atoms with Crippen LogP contribution in [-0.2, 0) is 9.59 Å². The fourth-order valence-electron chi connectivity index (χ4n) is 5.91. The number of carbonyl (C=O) groups is 2. The zero-order valence-electron chi connectivity index (χ0n) is 14.9. The minimum Gasteiger partial charge on any atom is -0.506 e. The molecule has 4 aliphatic rings. The van der Waals surface area contributed by atoms with Gasteiger partial charge < -0.3 is 15.7 Å². The molecule has 0 aromatic heterocycles. The summed E-state index contributed by atoms with van der Waals surface area (Å²) in [4.78, 5) is 24.7. The average molecular weight is 377 g/mol. The number of aromatic hydroxyl groups is 1. The lowest BCUT2D eigenvalue weighted by Crippen LogP contribution is -2.57. The zero-order valence-corrected chi connectivity index (χ0v) is 15.7. The predicted molar refractivity (Wildman–Crippen MR) is 100.0 cm³/mol. The number of benzene rings is 1. The number of hydrogen-bond donors (Lipinski definition) is 3. The van der Waals surface area contributed by atoms with Gasteiger partial charge >= 0.3 is 11.8 Å². The maximum Gasteiger partial charge on any atom is 0.313 e. The van der Waals surface area contributed by atoms with Crippen LogP contribution in [0.1, 0.15) is 45.4 Å². The summed E-state index contributed by atoms with van der Waals surface area (Å²) in [5, 5.41) is 15.5. The van der Waals surface area contributed by atoms with Gasteiger partial charge in [0.25, 0.3) is 0 Å². The van der Waals surface area contributed by atoms with Gasteiger partial charge in [0.05, 0.1) is 5.69 Å². The summed E-state index contributed by atoms with van der Waals surface area (Å²) >= 11 is 5.88. The highest BCUT2D eigenvalue weighted by Crippen LogP contribution is 2.61. The van der Waals surface area contributed by atoms with Crippen LogP contribution in [0, 0.1) is 23.2 Å². The number of anilines is 1. The van der Waals surface area contributed by atoms with Crippen molar-refractivity contribution in [1.29, 1.82) is 0 Å². The van der Waals surface area contributed by atoms with Gasteiger partial charge in [-0.1, -0.05) is 11.6 Å². The minimum absolute atomic E-state index is 0.0258. The second kappa shape index (κ2) is 6.45. The van der Waals surface area contributed by atoms with Gasteiger partial charge in [0.1, 0.15) is 5.75 Å². The topological polar surface area (TPSA) is 78.4 Å². The first kappa shape index (κ1) is 17.7. The molecular formula is C20H25ClN2O3. The molecule has 2 amide bonds. The van der Waals surface area contributed by atoms with E-state index in [4.69, 9.17) is 11.6 Å². The number of carbonyl (C=O) groups excluding carboxylic acids is 2. The van der Waals surface area contributed by atoms with E-state index < -0.39 is 11.8 Å². The summed E-state index contributed by atoms with van der Waals surface area (Å²) in [6.45, 7) is 2.04. The van der Waals surface area contributed by atoms with Gasteiger partial charge in [-0.25, -0.2) is 0 Å². The first-order valence-corrected chi connectivity index (χ1v) is 9.83.